The van der Waals surface area contributed by atoms with E-state index in [0.29, 0.717) is 12.1 Å². The van der Waals surface area contributed by atoms with Crippen LogP contribution in [0, 0.1) is 6.92 Å². The van der Waals surface area contributed by atoms with Gasteiger partial charge in [0.25, 0.3) is 5.91 Å². The van der Waals surface area contributed by atoms with E-state index in [1.54, 1.807) is 22.8 Å². The highest BCUT2D eigenvalue weighted by Crippen LogP contribution is 2.37. The number of nitrogens with one attached hydrogen (secondary N) is 1. The van der Waals surface area contributed by atoms with Crippen molar-refractivity contribution in [2.24, 2.45) is 0 Å². The Morgan fingerprint density at radius 1 is 1.03 bits per heavy atom. The Morgan fingerprint density at radius 2 is 1.74 bits per heavy atom. The van der Waals surface area contributed by atoms with Crippen LogP contribution in [0.3, 0.4) is 0 Å². The van der Waals surface area contributed by atoms with Gasteiger partial charge in [0.15, 0.2) is 0 Å². The molecule has 3 aromatic rings. The zero-order valence-corrected chi connectivity index (χ0v) is 20.3. The van der Waals surface area contributed by atoms with Crippen LogP contribution in [0.5, 0.6) is 0 Å². The van der Waals surface area contributed by atoms with Gasteiger partial charge in [0.1, 0.15) is 12.6 Å². The number of nitrogens with zero attached hydrogens (tertiary/aromatic N) is 2. The van der Waals surface area contributed by atoms with Gasteiger partial charge >= 0.3 is 0 Å². The second-order valence-electron chi connectivity index (χ2n) is 9.69. The minimum Gasteiger partial charge on any atom is -0.352 e. The number of amides is 3. The number of aryl methyl sites for hydroxylation is 1. The van der Waals surface area contributed by atoms with E-state index in [9.17, 15) is 14.4 Å². The molecule has 0 saturated heterocycles. The van der Waals surface area contributed by atoms with E-state index in [2.05, 4.69) is 5.32 Å². The summed E-state index contributed by atoms with van der Waals surface area (Å²) in [7, 11) is 0. The highest BCUT2D eigenvalue weighted by molar-refractivity contribution is 6.26. The molecule has 0 bridgehead atoms. The third-order valence-corrected chi connectivity index (χ3v) is 7.41. The molecule has 1 aliphatic heterocycles. The summed E-state index contributed by atoms with van der Waals surface area (Å²) in [5.74, 6) is -0.568. The molecule has 1 aliphatic carbocycles. The first-order chi connectivity index (χ1) is 16.9. The zero-order valence-electron chi connectivity index (χ0n) is 20.3. The first-order valence-electron chi connectivity index (χ1n) is 12.4. The molecule has 0 spiro atoms. The molecule has 3 amide bonds. The maximum absolute atomic E-state index is 13.8. The summed E-state index contributed by atoms with van der Waals surface area (Å²) < 4.78 is 0. The predicted molar refractivity (Wildman–Crippen MR) is 137 cm³/mol. The Hall–Kier alpha value is -3.67. The second kappa shape index (κ2) is 9.53. The fourth-order valence-corrected chi connectivity index (χ4v) is 5.31. The van der Waals surface area contributed by atoms with Crippen molar-refractivity contribution in [3.05, 3.63) is 77.4 Å². The Morgan fingerprint density at radius 3 is 2.49 bits per heavy atom. The standard InChI is InChI=1S/C29H31N3O3/c1-19-9-3-4-10-22(19)17-31(20(2)28(34)30-23-13-5-6-14-23)26(33)18-32-25-16-8-12-21-11-7-15-24(27(21)25)29(32)35/h3-4,7-12,15-16,20,23H,5-6,13-14,17-18H2,1-2H3,(H,30,34)/t20-/m1/s1. The van der Waals surface area contributed by atoms with Crippen LogP contribution in [0.25, 0.3) is 10.8 Å². The topological polar surface area (TPSA) is 69.7 Å². The van der Waals surface area contributed by atoms with E-state index in [1.165, 1.54) is 0 Å². The van der Waals surface area contributed by atoms with Crippen LogP contribution < -0.4 is 10.2 Å². The van der Waals surface area contributed by atoms with Gasteiger partial charge in [-0.3, -0.25) is 19.3 Å². The molecule has 1 heterocycles. The number of anilines is 1. The van der Waals surface area contributed by atoms with Crippen LogP contribution >= 0.6 is 0 Å². The average Bonchev–Trinajstić information content (AvgIpc) is 3.47. The fraction of sp³-hybridized carbons (Fsp3) is 0.345. The third kappa shape index (κ3) is 4.41. The molecule has 0 radical (unpaired) electrons. The molecule has 1 atom stereocenters. The summed E-state index contributed by atoms with van der Waals surface area (Å²) in [5, 5.41) is 4.99. The first-order valence-corrected chi connectivity index (χ1v) is 12.4. The molecular weight excluding hydrogens is 438 g/mol. The number of hydrogen-bond acceptors (Lipinski definition) is 3. The van der Waals surface area contributed by atoms with Crippen LogP contribution in [0.4, 0.5) is 5.69 Å². The minimum atomic E-state index is -0.654. The van der Waals surface area contributed by atoms with Gasteiger partial charge in [0.05, 0.1) is 5.69 Å². The van der Waals surface area contributed by atoms with Crippen molar-refractivity contribution in [3.63, 3.8) is 0 Å². The van der Waals surface area contributed by atoms with Gasteiger partial charge < -0.3 is 10.2 Å². The third-order valence-electron chi connectivity index (χ3n) is 7.41. The maximum Gasteiger partial charge on any atom is 0.259 e. The molecule has 1 saturated carbocycles. The molecule has 180 valence electrons. The molecule has 35 heavy (non-hydrogen) atoms. The van der Waals surface area contributed by atoms with Gasteiger partial charge in [-0.2, -0.15) is 0 Å². The Kier molecular flexibility index (Phi) is 6.29. The van der Waals surface area contributed by atoms with Gasteiger partial charge in [-0.05, 0) is 55.3 Å². The summed E-state index contributed by atoms with van der Waals surface area (Å²) in [4.78, 5) is 43.4. The number of benzene rings is 3. The van der Waals surface area contributed by atoms with Crippen LogP contribution in [0.2, 0.25) is 0 Å². The van der Waals surface area contributed by atoms with E-state index in [4.69, 9.17) is 0 Å². The molecule has 5 rings (SSSR count). The SMILES string of the molecule is Cc1ccccc1CN(C(=O)CN1C(=O)c2cccc3cccc1c23)[C@H](C)C(=O)NC1CCCC1. The van der Waals surface area contributed by atoms with Gasteiger partial charge in [-0.15, -0.1) is 0 Å². The zero-order chi connectivity index (χ0) is 24.5. The van der Waals surface area contributed by atoms with E-state index in [0.717, 1.165) is 53.3 Å². The van der Waals surface area contributed by atoms with Gasteiger partial charge in [-0.25, -0.2) is 0 Å². The number of rotatable bonds is 7. The molecular formula is C29H31N3O3. The van der Waals surface area contributed by atoms with Crippen molar-refractivity contribution in [3.8, 4) is 0 Å². The second-order valence-corrected chi connectivity index (χ2v) is 9.69. The predicted octanol–water partition coefficient (Wildman–Crippen LogP) is 4.58. The number of carbonyl (C=O) groups is 3. The van der Waals surface area contributed by atoms with Gasteiger partial charge in [0, 0.05) is 23.5 Å². The van der Waals surface area contributed by atoms with Crippen molar-refractivity contribution in [2.45, 2.75) is 58.2 Å². The molecule has 3 aromatic carbocycles. The van der Waals surface area contributed by atoms with Crippen molar-refractivity contribution in [2.75, 3.05) is 11.4 Å². The molecule has 6 heteroatoms. The van der Waals surface area contributed by atoms with Crippen LogP contribution in [0.1, 0.15) is 54.1 Å². The molecule has 0 unspecified atom stereocenters. The largest absolute Gasteiger partial charge is 0.352 e. The van der Waals surface area contributed by atoms with Crippen molar-refractivity contribution >= 4 is 34.2 Å². The molecule has 1 N–H and O–H groups in total. The van der Waals surface area contributed by atoms with Crippen molar-refractivity contribution in [1.29, 1.82) is 0 Å². The quantitative estimate of drug-likeness (QED) is 0.551. The van der Waals surface area contributed by atoms with E-state index >= 15 is 0 Å². The highest BCUT2D eigenvalue weighted by Gasteiger charge is 2.34. The summed E-state index contributed by atoms with van der Waals surface area (Å²) >= 11 is 0. The lowest BCUT2D eigenvalue weighted by Crippen LogP contribution is -2.52. The van der Waals surface area contributed by atoms with Crippen molar-refractivity contribution < 1.29 is 14.4 Å². The monoisotopic (exact) mass is 469 g/mol. The number of hydrogen-bond donors (Lipinski definition) is 1. The molecule has 0 aromatic heterocycles. The fourth-order valence-electron chi connectivity index (χ4n) is 5.31. The van der Waals surface area contributed by atoms with Crippen molar-refractivity contribution in [1.82, 2.24) is 10.2 Å². The number of carbonyl (C=O) groups excluding carboxylic acids is 3. The van der Waals surface area contributed by atoms with Crippen LogP contribution in [-0.4, -0.2) is 41.2 Å². The lowest BCUT2D eigenvalue weighted by atomic mass is 10.1. The highest BCUT2D eigenvalue weighted by atomic mass is 16.2. The van der Waals surface area contributed by atoms with E-state index in [1.807, 2.05) is 61.5 Å². The Balaban J connectivity index is 1.41. The summed E-state index contributed by atoms with van der Waals surface area (Å²) in [6, 6.07) is 18.8. The lowest BCUT2D eigenvalue weighted by molar-refractivity contribution is -0.139. The maximum atomic E-state index is 13.8. The first kappa shape index (κ1) is 23.1. The van der Waals surface area contributed by atoms with E-state index < -0.39 is 6.04 Å². The van der Waals surface area contributed by atoms with Crippen LogP contribution in [-0.2, 0) is 16.1 Å². The normalized spacial score (nSPS) is 16.1. The minimum absolute atomic E-state index is 0.112. The molecule has 2 aliphatic rings. The summed E-state index contributed by atoms with van der Waals surface area (Å²) in [5.41, 5.74) is 3.40. The Labute approximate surface area is 205 Å². The summed E-state index contributed by atoms with van der Waals surface area (Å²) in [6.45, 7) is 3.98. The van der Waals surface area contributed by atoms with Crippen LogP contribution in [0.15, 0.2) is 60.7 Å². The molecule has 6 nitrogen and oxygen atoms in total. The van der Waals surface area contributed by atoms with E-state index in [-0.39, 0.29) is 30.3 Å². The Bertz CT molecular complexity index is 1290. The van der Waals surface area contributed by atoms with Gasteiger partial charge in [-0.1, -0.05) is 61.4 Å². The average molecular weight is 470 g/mol. The smallest absolute Gasteiger partial charge is 0.259 e. The summed E-state index contributed by atoms with van der Waals surface area (Å²) in [6.07, 6.45) is 4.20. The molecule has 1 fully saturated rings. The lowest BCUT2D eigenvalue weighted by Gasteiger charge is -2.31. The van der Waals surface area contributed by atoms with Gasteiger partial charge in [0.2, 0.25) is 11.8 Å².